The highest BCUT2D eigenvalue weighted by molar-refractivity contribution is 5.94. The molecule has 2 N–H and O–H groups in total. The number of aromatic nitrogens is 2. The van der Waals surface area contributed by atoms with Crippen molar-refractivity contribution in [1.29, 1.82) is 0 Å². The smallest absolute Gasteiger partial charge is 0.251 e. The number of aliphatic hydroxyl groups excluding tert-OH is 1. The van der Waals surface area contributed by atoms with Crippen molar-refractivity contribution in [3.8, 4) is 5.75 Å². The van der Waals surface area contributed by atoms with E-state index in [2.05, 4.69) is 20.2 Å². The molecule has 1 aromatic carbocycles. The summed E-state index contributed by atoms with van der Waals surface area (Å²) in [5, 5.41) is 13.0. The Labute approximate surface area is 178 Å². The van der Waals surface area contributed by atoms with Gasteiger partial charge in [0.25, 0.3) is 5.91 Å². The number of aliphatic hydroxyl groups is 1. The maximum absolute atomic E-state index is 13.1. The van der Waals surface area contributed by atoms with Gasteiger partial charge in [-0.25, -0.2) is 9.97 Å². The summed E-state index contributed by atoms with van der Waals surface area (Å²) in [6, 6.07) is 8.47. The van der Waals surface area contributed by atoms with Crippen LogP contribution >= 0.6 is 0 Å². The fourth-order valence-electron chi connectivity index (χ4n) is 3.52. The van der Waals surface area contributed by atoms with Crippen LogP contribution in [-0.2, 0) is 19.6 Å². The third-order valence-corrected chi connectivity index (χ3v) is 5.09. The van der Waals surface area contributed by atoms with E-state index in [-0.39, 0.29) is 12.1 Å². The molecule has 9 heteroatoms. The molecule has 0 spiro atoms. The minimum atomic E-state index is -0.735. The fraction of sp³-hybridized carbons (Fsp3) is 0.318. The number of carbonyl (C=O) groups excluding carboxylic acids is 1. The first-order valence-corrected chi connectivity index (χ1v) is 9.99. The van der Waals surface area contributed by atoms with Crippen LogP contribution in [0.2, 0.25) is 0 Å². The SMILES string of the molecule is O=C(NCC(O)CN1CCc2cc(OCc3cnco3)ccc2C1)c1ccnc(F)c1. The maximum atomic E-state index is 13.1. The van der Waals surface area contributed by atoms with E-state index in [0.717, 1.165) is 24.8 Å². The van der Waals surface area contributed by atoms with Gasteiger partial charge in [-0.15, -0.1) is 0 Å². The molecule has 2 aromatic heterocycles. The van der Waals surface area contributed by atoms with Crippen molar-refractivity contribution in [2.24, 2.45) is 0 Å². The number of pyridine rings is 1. The lowest BCUT2D eigenvalue weighted by Crippen LogP contribution is -2.42. The summed E-state index contributed by atoms with van der Waals surface area (Å²) in [5.41, 5.74) is 2.57. The predicted molar refractivity (Wildman–Crippen MR) is 109 cm³/mol. The predicted octanol–water partition coefficient (Wildman–Crippen LogP) is 1.94. The Balaban J connectivity index is 1.25. The van der Waals surface area contributed by atoms with E-state index >= 15 is 0 Å². The van der Waals surface area contributed by atoms with E-state index in [1.54, 1.807) is 6.20 Å². The highest BCUT2D eigenvalue weighted by Crippen LogP contribution is 2.24. The van der Waals surface area contributed by atoms with Crippen LogP contribution < -0.4 is 10.1 Å². The fourth-order valence-corrected chi connectivity index (χ4v) is 3.52. The van der Waals surface area contributed by atoms with Gasteiger partial charge in [0.05, 0.1) is 12.3 Å². The number of ether oxygens (including phenoxy) is 1. The summed E-state index contributed by atoms with van der Waals surface area (Å²) < 4.78 is 24.0. The number of amides is 1. The molecule has 3 aromatic rings. The normalized spacial score (nSPS) is 14.6. The van der Waals surface area contributed by atoms with Crippen LogP contribution in [0.1, 0.15) is 27.2 Å². The summed E-state index contributed by atoms with van der Waals surface area (Å²) in [5.74, 6) is 0.284. The van der Waals surface area contributed by atoms with Crippen LogP contribution in [0.15, 0.2) is 53.5 Å². The van der Waals surface area contributed by atoms with E-state index in [4.69, 9.17) is 9.15 Å². The first-order chi connectivity index (χ1) is 15.1. The zero-order chi connectivity index (χ0) is 21.6. The molecule has 0 saturated heterocycles. The van der Waals surface area contributed by atoms with E-state index in [1.807, 2.05) is 18.2 Å². The zero-order valence-electron chi connectivity index (χ0n) is 16.8. The molecule has 162 valence electrons. The van der Waals surface area contributed by atoms with Gasteiger partial charge in [-0.3, -0.25) is 9.69 Å². The van der Waals surface area contributed by atoms with Crippen molar-refractivity contribution in [2.45, 2.75) is 25.7 Å². The molecule has 0 bridgehead atoms. The van der Waals surface area contributed by atoms with Gasteiger partial charge >= 0.3 is 0 Å². The van der Waals surface area contributed by atoms with Crippen LogP contribution in [-0.4, -0.2) is 51.6 Å². The first-order valence-electron chi connectivity index (χ1n) is 9.99. The lowest BCUT2D eigenvalue weighted by atomic mass is 9.99. The second-order valence-corrected chi connectivity index (χ2v) is 7.40. The average Bonchev–Trinajstić information content (AvgIpc) is 3.30. The van der Waals surface area contributed by atoms with Gasteiger partial charge in [0.15, 0.2) is 12.2 Å². The molecule has 4 rings (SSSR count). The number of β-amino-alcohol motifs (C(OH)–C–C–N with tert-alkyl or cyclic N) is 1. The monoisotopic (exact) mass is 426 g/mol. The van der Waals surface area contributed by atoms with Crippen molar-refractivity contribution in [1.82, 2.24) is 20.2 Å². The van der Waals surface area contributed by atoms with Crippen molar-refractivity contribution in [3.63, 3.8) is 0 Å². The minimum absolute atomic E-state index is 0.0839. The van der Waals surface area contributed by atoms with E-state index in [0.29, 0.717) is 25.5 Å². The second kappa shape index (κ2) is 9.67. The molecule has 0 aliphatic carbocycles. The van der Waals surface area contributed by atoms with Crippen molar-refractivity contribution >= 4 is 5.91 Å². The lowest BCUT2D eigenvalue weighted by molar-refractivity contribution is 0.0841. The van der Waals surface area contributed by atoms with Gasteiger partial charge in [0.1, 0.15) is 12.4 Å². The number of nitrogens with one attached hydrogen (secondary N) is 1. The molecule has 1 atom stereocenters. The molecule has 8 nitrogen and oxygen atoms in total. The molecular weight excluding hydrogens is 403 g/mol. The van der Waals surface area contributed by atoms with Gasteiger partial charge in [-0.2, -0.15) is 4.39 Å². The summed E-state index contributed by atoms with van der Waals surface area (Å²) in [6.07, 6.45) is 4.33. The van der Waals surface area contributed by atoms with Crippen LogP contribution in [0.4, 0.5) is 4.39 Å². The highest BCUT2D eigenvalue weighted by Gasteiger charge is 2.20. The van der Waals surface area contributed by atoms with Crippen LogP contribution in [0.5, 0.6) is 5.75 Å². The Morgan fingerprint density at radius 3 is 3.03 bits per heavy atom. The summed E-state index contributed by atoms with van der Waals surface area (Å²) in [4.78, 5) is 21.5. The Morgan fingerprint density at radius 2 is 2.23 bits per heavy atom. The largest absolute Gasteiger partial charge is 0.486 e. The number of oxazole rings is 1. The molecule has 31 heavy (non-hydrogen) atoms. The zero-order valence-corrected chi connectivity index (χ0v) is 16.8. The average molecular weight is 426 g/mol. The Bertz CT molecular complexity index is 1030. The van der Waals surface area contributed by atoms with Crippen molar-refractivity contribution in [2.75, 3.05) is 19.6 Å². The number of benzene rings is 1. The molecular formula is C22H23FN4O4. The number of nitrogens with zero attached hydrogens (tertiary/aromatic N) is 3. The number of fused-ring (bicyclic) bond motifs is 1. The lowest BCUT2D eigenvalue weighted by Gasteiger charge is -2.30. The van der Waals surface area contributed by atoms with Gasteiger partial charge in [-0.1, -0.05) is 6.07 Å². The number of halogens is 1. The number of hydrogen-bond donors (Lipinski definition) is 2. The third kappa shape index (κ3) is 5.65. The van der Waals surface area contributed by atoms with Crippen LogP contribution in [0, 0.1) is 5.95 Å². The third-order valence-electron chi connectivity index (χ3n) is 5.09. The summed E-state index contributed by atoms with van der Waals surface area (Å²) in [7, 11) is 0. The molecule has 1 unspecified atom stereocenters. The molecule has 0 radical (unpaired) electrons. The Hall–Kier alpha value is -3.30. The summed E-state index contributed by atoms with van der Waals surface area (Å²) >= 11 is 0. The Kier molecular flexibility index (Phi) is 6.54. The van der Waals surface area contributed by atoms with Crippen molar-refractivity contribution < 1.29 is 23.4 Å². The number of hydrogen-bond acceptors (Lipinski definition) is 7. The standard InChI is InChI=1S/C22H23FN4O4/c23-21-8-16(3-5-25-21)22(29)26-9-18(28)12-27-6-4-15-7-19(2-1-17(15)11-27)30-13-20-10-24-14-31-20/h1-3,5,7-8,10,14,18,28H,4,6,9,11-13H2,(H,26,29). The Morgan fingerprint density at radius 1 is 1.32 bits per heavy atom. The molecule has 0 fully saturated rings. The molecule has 0 saturated carbocycles. The quantitative estimate of drug-likeness (QED) is 0.531. The van der Waals surface area contributed by atoms with Gasteiger partial charge in [0.2, 0.25) is 5.95 Å². The van der Waals surface area contributed by atoms with E-state index in [1.165, 1.54) is 29.8 Å². The van der Waals surface area contributed by atoms with E-state index in [9.17, 15) is 14.3 Å². The van der Waals surface area contributed by atoms with Crippen LogP contribution in [0.25, 0.3) is 0 Å². The number of rotatable bonds is 8. The van der Waals surface area contributed by atoms with Gasteiger partial charge < -0.3 is 19.6 Å². The minimum Gasteiger partial charge on any atom is -0.486 e. The number of carbonyl (C=O) groups is 1. The molecule has 3 heterocycles. The topological polar surface area (TPSA) is 101 Å². The summed E-state index contributed by atoms with van der Waals surface area (Å²) in [6.45, 7) is 2.33. The van der Waals surface area contributed by atoms with Gasteiger partial charge in [-0.05, 0) is 35.7 Å². The highest BCUT2D eigenvalue weighted by atomic mass is 19.1. The molecule has 1 aliphatic rings. The van der Waals surface area contributed by atoms with Gasteiger partial charge in [0, 0.05) is 44.0 Å². The molecule has 1 amide bonds. The van der Waals surface area contributed by atoms with Crippen molar-refractivity contribution in [3.05, 3.63) is 77.5 Å². The van der Waals surface area contributed by atoms with E-state index < -0.39 is 18.0 Å². The maximum Gasteiger partial charge on any atom is 0.251 e. The second-order valence-electron chi connectivity index (χ2n) is 7.40. The first kappa shape index (κ1) is 21.0. The van der Waals surface area contributed by atoms with Crippen LogP contribution in [0.3, 0.4) is 0 Å². The molecule has 1 aliphatic heterocycles.